The second-order valence-corrected chi connectivity index (χ2v) is 7.66. The maximum atomic E-state index is 12.3. The van der Waals surface area contributed by atoms with Gasteiger partial charge in [0.15, 0.2) is 11.5 Å². The molecule has 4 nitrogen and oxygen atoms in total. The van der Waals surface area contributed by atoms with Gasteiger partial charge in [-0.2, -0.15) is 0 Å². The van der Waals surface area contributed by atoms with Gasteiger partial charge in [0.2, 0.25) is 0 Å². The molecule has 8 heteroatoms. The number of hydrogen-bond acceptors (Lipinski definition) is 5. The molecule has 0 atom stereocenters. The molecule has 0 saturated carbocycles. The highest BCUT2D eigenvalue weighted by Crippen LogP contribution is 2.39. The molecule has 0 unspecified atom stereocenters. The van der Waals surface area contributed by atoms with Crippen LogP contribution in [0.25, 0.3) is 10.4 Å². The molecule has 1 aromatic heterocycles. The highest BCUT2D eigenvalue weighted by molar-refractivity contribution is 7.13. The lowest BCUT2D eigenvalue weighted by Gasteiger charge is -2.20. The molecule has 152 valence electrons. The Morgan fingerprint density at radius 1 is 1.14 bits per heavy atom. The summed E-state index contributed by atoms with van der Waals surface area (Å²) in [6.07, 6.45) is -4.70. The fraction of sp³-hybridized carbons (Fsp3) is 0.238. The first-order chi connectivity index (χ1) is 13.9. The normalized spacial score (nSPS) is 14.7. The van der Waals surface area contributed by atoms with Crippen LogP contribution < -0.4 is 9.47 Å². The van der Waals surface area contributed by atoms with Crippen molar-refractivity contribution in [1.82, 2.24) is 4.90 Å². The number of ether oxygens (including phenoxy) is 2. The van der Waals surface area contributed by atoms with Crippen LogP contribution in [0.4, 0.5) is 13.2 Å². The van der Waals surface area contributed by atoms with E-state index in [1.165, 1.54) is 12.1 Å². The highest BCUT2D eigenvalue weighted by Gasteiger charge is 2.31. The SMILES string of the molecule is Oc1cc(-c2cccs2)cc2c1OCCN(Cc1ccc(OC(F)(F)F)cc1)C2. The zero-order valence-electron chi connectivity index (χ0n) is 15.3. The van der Waals surface area contributed by atoms with Crippen molar-refractivity contribution in [3.05, 3.63) is 65.0 Å². The minimum Gasteiger partial charge on any atom is -0.504 e. The van der Waals surface area contributed by atoms with Crippen molar-refractivity contribution in [2.24, 2.45) is 0 Å². The van der Waals surface area contributed by atoms with Crippen molar-refractivity contribution < 1.29 is 27.8 Å². The van der Waals surface area contributed by atoms with Gasteiger partial charge in [0.1, 0.15) is 12.4 Å². The lowest BCUT2D eigenvalue weighted by atomic mass is 10.1. The van der Waals surface area contributed by atoms with Gasteiger partial charge in [-0.25, -0.2) is 0 Å². The Balaban J connectivity index is 1.51. The Bertz CT molecular complexity index is 972. The largest absolute Gasteiger partial charge is 0.573 e. The molecule has 0 saturated heterocycles. The smallest absolute Gasteiger partial charge is 0.504 e. The van der Waals surface area contributed by atoms with Gasteiger partial charge in [-0.3, -0.25) is 4.90 Å². The number of phenols is 1. The standard InChI is InChI=1S/C21H18F3NO3S/c22-21(23,24)28-17-5-3-14(4-6-17)12-25-7-8-27-20-16(13-25)10-15(11-18(20)26)19-2-1-9-29-19/h1-6,9-11,26H,7-8,12-13H2. The zero-order chi connectivity index (χ0) is 20.4. The third-order valence-corrected chi connectivity index (χ3v) is 5.48. The molecule has 2 aromatic carbocycles. The van der Waals surface area contributed by atoms with Gasteiger partial charge in [-0.1, -0.05) is 18.2 Å². The van der Waals surface area contributed by atoms with Gasteiger partial charge in [0, 0.05) is 30.1 Å². The summed E-state index contributed by atoms with van der Waals surface area (Å²) in [5, 5.41) is 12.4. The van der Waals surface area contributed by atoms with Crippen LogP contribution in [-0.2, 0) is 13.1 Å². The predicted octanol–water partition coefficient (Wildman–Crippen LogP) is 5.41. The van der Waals surface area contributed by atoms with Crippen molar-refractivity contribution in [2.75, 3.05) is 13.2 Å². The number of rotatable bonds is 4. The third kappa shape index (κ3) is 4.83. The number of phenolic OH excluding ortho intramolecular Hbond substituents is 1. The number of nitrogens with zero attached hydrogens (tertiary/aromatic N) is 1. The highest BCUT2D eigenvalue weighted by atomic mass is 32.1. The van der Waals surface area contributed by atoms with Crippen LogP contribution in [0.2, 0.25) is 0 Å². The van der Waals surface area contributed by atoms with E-state index in [0.29, 0.717) is 32.0 Å². The first kappa shape index (κ1) is 19.6. The van der Waals surface area contributed by atoms with Crippen LogP contribution in [0, 0.1) is 0 Å². The molecule has 0 bridgehead atoms. The fourth-order valence-electron chi connectivity index (χ4n) is 3.33. The number of thiophene rings is 1. The van der Waals surface area contributed by atoms with E-state index in [4.69, 9.17) is 4.74 Å². The van der Waals surface area contributed by atoms with Gasteiger partial charge in [0.05, 0.1) is 0 Å². The van der Waals surface area contributed by atoms with E-state index >= 15 is 0 Å². The molecule has 0 aliphatic carbocycles. The predicted molar refractivity (Wildman–Crippen MR) is 104 cm³/mol. The molecule has 0 spiro atoms. The Morgan fingerprint density at radius 3 is 2.62 bits per heavy atom. The summed E-state index contributed by atoms with van der Waals surface area (Å²) >= 11 is 1.59. The summed E-state index contributed by atoms with van der Waals surface area (Å²) in [4.78, 5) is 3.18. The molecular weight excluding hydrogens is 403 g/mol. The molecule has 0 fully saturated rings. The molecule has 2 heterocycles. The lowest BCUT2D eigenvalue weighted by molar-refractivity contribution is -0.274. The van der Waals surface area contributed by atoms with E-state index in [1.807, 2.05) is 23.6 Å². The van der Waals surface area contributed by atoms with Crippen LogP contribution >= 0.6 is 11.3 Å². The number of hydrogen-bond donors (Lipinski definition) is 1. The summed E-state index contributed by atoms with van der Waals surface area (Å²) < 4.78 is 46.6. The van der Waals surface area contributed by atoms with Crippen molar-refractivity contribution in [1.29, 1.82) is 0 Å². The van der Waals surface area contributed by atoms with E-state index < -0.39 is 6.36 Å². The van der Waals surface area contributed by atoms with Gasteiger partial charge in [-0.05, 0) is 46.8 Å². The molecule has 0 radical (unpaired) electrons. The quantitative estimate of drug-likeness (QED) is 0.611. The monoisotopic (exact) mass is 421 g/mol. The minimum atomic E-state index is -4.70. The summed E-state index contributed by atoms with van der Waals surface area (Å²) in [6, 6.07) is 13.5. The van der Waals surface area contributed by atoms with Crippen LogP contribution in [0.5, 0.6) is 17.2 Å². The average Bonchev–Trinajstić information content (AvgIpc) is 3.11. The summed E-state index contributed by atoms with van der Waals surface area (Å²) in [5.41, 5.74) is 2.67. The molecule has 3 aromatic rings. The third-order valence-electron chi connectivity index (χ3n) is 4.56. The molecule has 29 heavy (non-hydrogen) atoms. The number of alkyl halides is 3. The van der Waals surface area contributed by atoms with Crippen LogP contribution in [0.1, 0.15) is 11.1 Å². The topological polar surface area (TPSA) is 41.9 Å². The van der Waals surface area contributed by atoms with Gasteiger partial charge < -0.3 is 14.6 Å². The first-order valence-electron chi connectivity index (χ1n) is 8.97. The fourth-order valence-corrected chi connectivity index (χ4v) is 4.04. The molecule has 0 amide bonds. The van der Waals surface area contributed by atoms with E-state index in [1.54, 1.807) is 29.5 Å². The molecule has 1 aliphatic heterocycles. The molecular formula is C21H18F3NO3S. The number of aromatic hydroxyl groups is 1. The minimum absolute atomic E-state index is 0.112. The van der Waals surface area contributed by atoms with E-state index in [-0.39, 0.29) is 11.5 Å². The number of benzene rings is 2. The maximum absolute atomic E-state index is 12.3. The Morgan fingerprint density at radius 2 is 1.93 bits per heavy atom. The first-order valence-corrected chi connectivity index (χ1v) is 9.85. The van der Waals surface area contributed by atoms with Gasteiger partial charge in [-0.15, -0.1) is 24.5 Å². The second kappa shape index (κ2) is 7.96. The average molecular weight is 421 g/mol. The van der Waals surface area contributed by atoms with Crippen molar-refractivity contribution in [2.45, 2.75) is 19.5 Å². The van der Waals surface area contributed by atoms with E-state index in [0.717, 1.165) is 21.6 Å². The van der Waals surface area contributed by atoms with Crippen LogP contribution in [-0.4, -0.2) is 29.5 Å². The second-order valence-electron chi connectivity index (χ2n) is 6.71. The van der Waals surface area contributed by atoms with Gasteiger partial charge >= 0.3 is 6.36 Å². The van der Waals surface area contributed by atoms with Crippen molar-refractivity contribution in [3.63, 3.8) is 0 Å². The lowest BCUT2D eigenvalue weighted by Crippen LogP contribution is -2.25. The Hall–Kier alpha value is -2.71. The van der Waals surface area contributed by atoms with Crippen LogP contribution in [0.15, 0.2) is 53.9 Å². The summed E-state index contributed by atoms with van der Waals surface area (Å²) in [6.45, 7) is 2.14. The molecule has 1 N–H and O–H groups in total. The van der Waals surface area contributed by atoms with Gasteiger partial charge in [0.25, 0.3) is 0 Å². The summed E-state index contributed by atoms with van der Waals surface area (Å²) in [7, 11) is 0. The zero-order valence-corrected chi connectivity index (χ0v) is 16.1. The van der Waals surface area contributed by atoms with E-state index in [2.05, 4.69) is 9.64 Å². The summed E-state index contributed by atoms with van der Waals surface area (Å²) in [5.74, 6) is 0.361. The van der Waals surface area contributed by atoms with Crippen LogP contribution in [0.3, 0.4) is 0 Å². The molecule has 4 rings (SSSR count). The Kier molecular flexibility index (Phi) is 5.38. The Labute approximate surface area is 169 Å². The van der Waals surface area contributed by atoms with Crippen molar-refractivity contribution in [3.8, 4) is 27.7 Å². The molecule has 1 aliphatic rings. The number of fused-ring (bicyclic) bond motifs is 1. The maximum Gasteiger partial charge on any atom is 0.573 e. The number of halogens is 3. The van der Waals surface area contributed by atoms with E-state index in [9.17, 15) is 18.3 Å². The van der Waals surface area contributed by atoms with Crippen molar-refractivity contribution >= 4 is 11.3 Å².